The standard InChI is InChI=1S/C22H36N4O2.HI/c1-3-23-22(24-15-18-8-9-20(27)21(14-18)28-4-2)26-13-10-19(17-26)16-25-11-6-5-7-12-25;/h8-9,14,19,27H,3-7,10-13,15-17H2,1-2H3,(H,23,24);1H. The molecule has 0 amide bonds. The van der Waals surface area contributed by atoms with Gasteiger partial charge in [0.25, 0.3) is 0 Å². The van der Waals surface area contributed by atoms with E-state index in [4.69, 9.17) is 9.73 Å². The molecule has 1 atom stereocenters. The van der Waals surface area contributed by atoms with Crippen LogP contribution >= 0.6 is 24.0 Å². The average Bonchev–Trinajstić information content (AvgIpc) is 3.16. The molecule has 1 unspecified atom stereocenters. The Labute approximate surface area is 192 Å². The number of guanidine groups is 1. The SMILES string of the molecule is CCNC(=NCc1ccc(O)c(OCC)c1)N1CCC(CN2CCCCC2)C1.I. The molecule has 3 rings (SSSR count). The molecule has 2 heterocycles. The maximum absolute atomic E-state index is 9.88. The maximum Gasteiger partial charge on any atom is 0.194 e. The van der Waals surface area contributed by atoms with Crippen LogP contribution in [0.15, 0.2) is 23.2 Å². The van der Waals surface area contributed by atoms with Crippen LogP contribution in [0.2, 0.25) is 0 Å². The Morgan fingerprint density at radius 3 is 2.72 bits per heavy atom. The van der Waals surface area contributed by atoms with E-state index in [1.165, 1.54) is 45.3 Å². The van der Waals surface area contributed by atoms with Crippen molar-refractivity contribution in [3.63, 3.8) is 0 Å². The number of benzene rings is 1. The summed E-state index contributed by atoms with van der Waals surface area (Å²) in [6, 6.07) is 5.48. The lowest BCUT2D eigenvalue weighted by atomic mass is 10.1. The number of ether oxygens (including phenoxy) is 1. The third-order valence-electron chi connectivity index (χ3n) is 5.62. The summed E-state index contributed by atoms with van der Waals surface area (Å²) >= 11 is 0. The highest BCUT2D eigenvalue weighted by Crippen LogP contribution is 2.27. The first kappa shape index (κ1) is 24.1. The molecule has 29 heavy (non-hydrogen) atoms. The fraction of sp³-hybridized carbons (Fsp3) is 0.682. The fourth-order valence-electron chi connectivity index (χ4n) is 4.20. The number of aliphatic imine (C=N–C) groups is 1. The van der Waals surface area contributed by atoms with E-state index >= 15 is 0 Å². The van der Waals surface area contributed by atoms with Gasteiger partial charge in [-0.05, 0) is 69.8 Å². The number of phenolic OH excluding ortho intramolecular Hbond substituents is 1. The monoisotopic (exact) mass is 516 g/mol. The van der Waals surface area contributed by atoms with E-state index in [0.29, 0.717) is 18.9 Å². The molecule has 164 valence electrons. The first-order valence-electron chi connectivity index (χ1n) is 10.9. The summed E-state index contributed by atoms with van der Waals surface area (Å²) in [6.07, 6.45) is 5.36. The first-order valence-corrected chi connectivity index (χ1v) is 10.9. The summed E-state index contributed by atoms with van der Waals surface area (Å²) in [5.41, 5.74) is 1.04. The molecule has 2 aliphatic rings. The van der Waals surface area contributed by atoms with E-state index in [0.717, 1.165) is 37.1 Å². The molecule has 1 aromatic rings. The summed E-state index contributed by atoms with van der Waals surface area (Å²) in [5.74, 6) is 2.44. The smallest absolute Gasteiger partial charge is 0.194 e. The van der Waals surface area contributed by atoms with Crippen LogP contribution in [0, 0.1) is 5.92 Å². The molecule has 0 spiro atoms. The van der Waals surface area contributed by atoms with Crippen molar-refractivity contribution < 1.29 is 9.84 Å². The highest BCUT2D eigenvalue weighted by molar-refractivity contribution is 14.0. The molecular weight excluding hydrogens is 479 g/mol. The first-order chi connectivity index (χ1) is 13.7. The van der Waals surface area contributed by atoms with Gasteiger partial charge in [-0.3, -0.25) is 0 Å². The molecular formula is C22H37IN4O2. The van der Waals surface area contributed by atoms with Gasteiger partial charge in [0, 0.05) is 26.2 Å². The molecule has 2 saturated heterocycles. The van der Waals surface area contributed by atoms with Crippen molar-refractivity contribution in [3.05, 3.63) is 23.8 Å². The van der Waals surface area contributed by atoms with Gasteiger partial charge < -0.3 is 25.0 Å². The topological polar surface area (TPSA) is 60.3 Å². The molecule has 0 saturated carbocycles. The third kappa shape index (κ3) is 7.20. The second-order valence-corrected chi connectivity index (χ2v) is 7.87. The number of phenols is 1. The van der Waals surface area contributed by atoms with Crippen LogP contribution in [0.25, 0.3) is 0 Å². The maximum atomic E-state index is 9.88. The van der Waals surface area contributed by atoms with Crippen LogP contribution in [0.4, 0.5) is 0 Å². The minimum atomic E-state index is 0. The molecule has 6 nitrogen and oxygen atoms in total. The minimum absolute atomic E-state index is 0. The zero-order chi connectivity index (χ0) is 19.8. The Bertz CT molecular complexity index is 650. The summed E-state index contributed by atoms with van der Waals surface area (Å²) in [7, 11) is 0. The lowest BCUT2D eigenvalue weighted by Gasteiger charge is -2.29. The lowest BCUT2D eigenvalue weighted by molar-refractivity contribution is 0.198. The van der Waals surface area contributed by atoms with Crippen molar-refractivity contribution in [1.82, 2.24) is 15.1 Å². The van der Waals surface area contributed by atoms with Gasteiger partial charge in [-0.15, -0.1) is 24.0 Å². The van der Waals surface area contributed by atoms with Crippen LogP contribution in [0.5, 0.6) is 11.5 Å². The normalized spacial score (nSPS) is 20.4. The van der Waals surface area contributed by atoms with Gasteiger partial charge >= 0.3 is 0 Å². The number of rotatable bonds is 7. The van der Waals surface area contributed by atoms with Crippen molar-refractivity contribution >= 4 is 29.9 Å². The molecule has 1 aromatic carbocycles. The van der Waals surface area contributed by atoms with E-state index in [9.17, 15) is 5.11 Å². The van der Waals surface area contributed by atoms with Gasteiger partial charge in [0.1, 0.15) is 0 Å². The number of nitrogens with zero attached hydrogens (tertiary/aromatic N) is 3. The summed E-state index contributed by atoms with van der Waals surface area (Å²) < 4.78 is 5.49. The Morgan fingerprint density at radius 2 is 2.00 bits per heavy atom. The number of hydrogen-bond donors (Lipinski definition) is 2. The van der Waals surface area contributed by atoms with Crippen LogP contribution in [0.1, 0.15) is 45.1 Å². The molecule has 0 aliphatic carbocycles. The predicted octanol–water partition coefficient (Wildman–Crippen LogP) is 3.68. The van der Waals surface area contributed by atoms with Crippen LogP contribution < -0.4 is 10.1 Å². The van der Waals surface area contributed by atoms with Crippen molar-refractivity contribution in [2.24, 2.45) is 10.9 Å². The number of hydrogen-bond acceptors (Lipinski definition) is 4. The Hall–Kier alpha value is -1.22. The van der Waals surface area contributed by atoms with Gasteiger partial charge in [0.2, 0.25) is 0 Å². The number of aromatic hydroxyl groups is 1. The summed E-state index contributed by atoms with van der Waals surface area (Å²) in [6.45, 7) is 11.9. The Kier molecular flexibility index (Phi) is 10.3. The van der Waals surface area contributed by atoms with Crippen molar-refractivity contribution in [2.75, 3.05) is 45.9 Å². The molecule has 7 heteroatoms. The molecule has 0 bridgehead atoms. The van der Waals surface area contributed by atoms with Gasteiger partial charge in [-0.25, -0.2) is 4.99 Å². The van der Waals surface area contributed by atoms with Gasteiger partial charge in [-0.2, -0.15) is 0 Å². The molecule has 0 radical (unpaired) electrons. The van der Waals surface area contributed by atoms with Crippen molar-refractivity contribution in [1.29, 1.82) is 0 Å². The number of halogens is 1. The third-order valence-corrected chi connectivity index (χ3v) is 5.62. The van der Waals surface area contributed by atoms with Crippen LogP contribution in [-0.4, -0.2) is 66.7 Å². The van der Waals surface area contributed by atoms with Gasteiger partial charge in [-0.1, -0.05) is 12.5 Å². The quantitative estimate of drug-likeness (QED) is 0.329. The number of nitrogens with one attached hydrogen (secondary N) is 1. The molecule has 0 aromatic heterocycles. The molecule has 2 N–H and O–H groups in total. The van der Waals surface area contributed by atoms with E-state index in [1.807, 2.05) is 19.1 Å². The second kappa shape index (κ2) is 12.5. The minimum Gasteiger partial charge on any atom is -0.504 e. The van der Waals surface area contributed by atoms with E-state index in [-0.39, 0.29) is 29.7 Å². The second-order valence-electron chi connectivity index (χ2n) is 7.87. The van der Waals surface area contributed by atoms with Crippen molar-refractivity contribution in [3.8, 4) is 11.5 Å². The summed E-state index contributed by atoms with van der Waals surface area (Å²) in [5, 5.41) is 13.3. The van der Waals surface area contributed by atoms with E-state index < -0.39 is 0 Å². The van der Waals surface area contributed by atoms with Gasteiger partial charge in [0.15, 0.2) is 17.5 Å². The molecule has 2 fully saturated rings. The molecule has 2 aliphatic heterocycles. The zero-order valence-corrected chi connectivity index (χ0v) is 20.2. The lowest BCUT2D eigenvalue weighted by Crippen LogP contribution is -2.41. The highest BCUT2D eigenvalue weighted by Gasteiger charge is 2.26. The largest absolute Gasteiger partial charge is 0.504 e. The van der Waals surface area contributed by atoms with E-state index in [2.05, 4.69) is 22.0 Å². The van der Waals surface area contributed by atoms with Gasteiger partial charge in [0.05, 0.1) is 13.2 Å². The van der Waals surface area contributed by atoms with E-state index in [1.54, 1.807) is 6.07 Å². The average molecular weight is 516 g/mol. The fourth-order valence-corrected chi connectivity index (χ4v) is 4.20. The van der Waals surface area contributed by atoms with Crippen LogP contribution in [-0.2, 0) is 6.54 Å². The Morgan fingerprint density at radius 1 is 1.21 bits per heavy atom. The van der Waals surface area contributed by atoms with Crippen molar-refractivity contribution in [2.45, 2.75) is 46.1 Å². The summed E-state index contributed by atoms with van der Waals surface area (Å²) in [4.78, 5) is 9.91. The number of piperidine rings is 1. The van der Waals surface area contributed by atoms with Crippen LogP contribution in [0.3, 0.4) is 0 Å². The Balaban J connectivity index is 0.00000300. The highest BCUT2D eigenvalue weighted by atomic mass is 127. The number of likely N-dealkylation sites (tertiary alicyclic amines) is 2. The predicted molar refractivity (Wildman–Crippen MR) is 129 cm³/mol. The zero-order valence-electron chi connectivity index (χ0n) is 17.9.